The molecule has 1 aliphatic heterocycles. The van der Waals surface area contributed by atoms with Gasteiger partial charge in [-0.3, -0.25) is 4.79 Å². The minimum atomic E-state index is -4.38. The Morgan fingerprint density at radius 3 is 2.42 bits per heavy atom. The standard InChI is InChI=1S/C23H21F3N4O/c1-14(31)30-12-22(2,3)18-9-8-17(10-20(18)30)29-21-11-19(27-13-28-21)15-4-6-16(7-5-15)23(24,25)26/h4-11,13H,12H2,1-3H3,(H,27,28,29). The summed E-state index contributed by atoms with van der Waals surface area (Å²) in [5.41, 5.74) is 2.92. The van der Waals surface area contributed by atoms with Crippen molar-refractivity contribution in [1.82, 2.24) is 9.97 Å². The zero-order valence-corrected chi connectivity index (χ0v) is 17.3. The highest BCUT2D eigenvalue weighted by Crippen LogP contribution is 2.42. The number of nitrogens with zero attached hydrogens (tertiary/aromatic N) is 3. The van der Waals surface area contributed by atoms with Crippen LogP contribution in [-0.2, 0) is 16.4 Å². The lowest BCUT2D eigenvalue weighted by Crippen LogP contribution is -2.31. The van der Waals surface area contributed by atoms with Crippen molar-refractivity contribution < 1.29 is 18.0 Å². The lowest BCUT2D eigenvalue weighted by molar-refractivity contribution is -0.137. The van der Waals surface area contributed by atoms with E-state index in [1.807, 2.05) is 18.2 Å². The summed E-state index contributed by atoms with van der Waals surface area (Å²) in [5, 5.41) is 3.20. The van der Waals surface area contributed by atoms with Gasteiger partial charge in [-0.25, -0.2) is 9.97 Å². The molecule has 0 fully saturated rings. The van der Waals surface area contributed by atoms with Gasteiger partial charge in [-0.15, -0.1) is 0 Å². The molecule has 0 spiro atoms. The lowest BCUT2D eigenvalue weighted by Gasteiger charge is -2.19. The van der Waals surface area contributed by atoms with Gasteiger partial charge in [0, 0.05) is 41.9 Å². The second-order valence-corrected chi connectivity index (χ2v) is 8.21. The number of fused-ring (bicyclic) bond motifs is 1. The number of amides is 1. The number of anilines is 3. The van der Waals surface area contributed by atoms with Gasteiger partial charge in [0.1, 0.15) is 12.1 Å². The van der Waals surface area contributed by atoms with Crippen LogP contribution in [0.5, 0.6) is 0 Å². The summed E-state index contributed by atoms with van der Waals surface area (Å²) in [6.45, 7) is 6.37. The number of hydrogen-bond acceptors (Lipinski definition) is 4. The summed E-state index contributed by atoms with van der Waals surface area (Å²) in [4.78, 5) is 22.2. The van der Waals surface area contributed by atoms with E-state index in [1.165, 1.54) is 18.5 Å². The summed E-state index contributed by atoms with van der Waals surface area (Å²) in [6, 6.07) is 12.3. The number of aromatic nitrogens is 2. The Bertz CT molecular complexity index is 1140. The Morgan fingerprint density at radius 1 is 1.06 bits per heavy atom. The number of alkyl halides is 3. The Hall–Kier alpha value is -3.42. The molecule has 1 aromatic heterocycles. The molecule has 8 heteroatoms. The van der Waals surface area contributed by atoms with Crippen LogP contribution in [0.2, 0.25) is 0 Å². The monoisotopic (exact) mass is 426 g/mol. The topological polar surface area (TPSA) is 58.1 Å². The highest BCUT2D eigenvalue weighted by atomic mass is 19.4. The molecule has 5 nitrogen and oxygen atoms in total. The van der Waals surface area contributed by atoms with Gasteiger partial charge < -0.3 is 10.2 Å². The van der Waals surface area contributed by atoms with Gasteiger partial charge in [0.15, 0.2) is 0 Å². The molecule has 0 saturated carbocycles. The highest BCUT2D eigenvalue weighted by molar-refractivity contribution is 5.95. The second-order valence-electron chi connectivity index (χ2n) is 8.21. The van der Waals surface area contributed by atoms with E-state index in [9.17, 15) is 18.0 Å². The summed E-state index contributed by atoms with van der Waals surface area (Å²) in [6.07, 6.45) is -3.03. The van der Waals surface area contributed by atoms with E-state index in [-0.39, 0.29) is 11.3 Å². The molecule has 0 bridgehead atoms. The fourth-order valence-electron chi connectivity index (χ4n) is 3.81. The smallest absolute Gasteiger partial charge is 0.340 e. The zero-order valence-electron chi connectivity index (χ0n) is 17.3. The molecule has 1 aliphatic rings. The number of carbonyl (C=O) groups is 1. The number of rotatable bonds is 3. The van der Waals surface area contributed by atoms with Crippen molar-refractivity contribution in [1.29, 1.82) is 0 Å². The van der Waals surface area contributed by atoms with Gasteiger partial charge in [0.05, 0.1) is 11.3 Å². The largest absolute Gasteiger partial charge is 0.416 e. The molecule has 4 rings (SSSR count). The molecule has 3 aromatic rings. The first-order valence-electron chi connectivity index (χ1n) is 9.74. The Kier molecular flexibility index (Phi) is 4.95. The average molecular weight is 426 g/mol. The molecule has 0 atom stereocenters. The SMILES string of the molecule is CC(=O)N1CC(C)(C)c2ccc(Nc3cc(-c4ccc(C(F)(F)F)cc4)ncn3)cc21. The van der Waals surface area contributed by atoms with Crippen LogP contribution in [-0.4, -0.2) is 22.4 Å². The van der Waals surface area contributed by atoms with E-state index in [0.717, 1.165) is 29.1 Å². The predicted octanol–water partition coefficient (Wildman–Crippen LogP) is 5.55. The quantitative estimate of drug-likeness (QED) is 0.597. The number of hydrogen-bond donors (Lipinski definition) is 1. The molecule has 0 saturated heterocycles. The molecule has 1 N–H and O–H groups in total. The van der Waals surface area contributed by atoms with Crippen LogP contribution in [0.15, 0.2) is 54.9 Å². The first kappa shape index (κ1) is 20.8. The van der Waals surface area contributed by atoms with Crippen LogP contribution in [0.25, 0.3) is 11.3 Å². The van der Waals surface area contributed by atoms with E-state index in [1.54, 1.807) is 17.9 Å². The van der Waals surface area contributed by atoms with E-state index in [2.05, 4.69) is 29.1 Å². The Labute approximate surface area is 178 Å². The van der Waals surface area contributed by atoms with E-state index < -0.39 is 11.7 Å². The minimum absolute atomic E-state index is 0.0180. The summed E-state index contributed by atoms with van der Waals surface area (Å²) in [7, 11) is 0. The minimum Gasteiger partial charge on any atom is -0.340 e. The molecular formula is C23H21F3N4O. The third kappa shape index (κ3) is 4.10. The fraction of sp³-hybridized carbons (Fsp3) is 0.261. The van der Waals surface area contributed by atoms with Gasteiger partial charge in [0.25, 0.3) is 0 Å². The van der Waals surface area contributed by atoms with Crippen LogP contribution in [0, 0.1) is 0 Å². The maximum Gasteiger partial charge on any atom is 0.416 e. The molecule has 31 heavy (non-hydrogen) atoms. The van der Waals surface area contributed by atoms with Crippen LogP contribution in [0.4, 0.5) is 30.4 Å². The molecule has 2 aromatic carbocycles. The van der Waals surface area contributed by atoms with Gasteiger partial charge in [-0.2, -0.15) is 13.2 Å². The van der Waals surface area contributed by atoms with E-state index in [4.69, 9.17) is 0 Å². The number of halogens is 3. The molecular weight excluding hydrogens is 405 g/mol. The van der Waals surface area contributed by atoms with Crippen molar-refractivity contribution in [3.05, 3.63) is 66.0 Å². The van der Waals surface area contributed by atoms with Crippen molar-refractivity contribution in [3.8, 4) is 11.3 Å². The van der Waals surface area contributed by atoms with E-state index in [0.29, 0.717) is 23.6 Å². The van der Waals surface area contributed by atoms with Gasteiger partial charge in [0.2, 0.25) is 5.91 Å². The molecule has 160 valence electrons. The summed E-state index contributed by atoms with van der Waals surface area (Å²) in [5.74, 6) is 0.479. The van der Waals surface area contributed by atoms with Crippen LogP contribution in [0.1, 0.15) is 31.9 Å². The van der Waals surface area contributed by atoms with Crippen LogP contribution < -0.4 is 10.2 Å². The number of carbonyl (C=O) groups excluding carboxylic acids is 1. The van der Waals surface area contributed by atoms with Crippen molar-refractivity contribution >= 4 is 23.1 Å². The highest BCUT2D eigenvalue weighted by Gasteiger charge is 2.36. The van der Waals surface area contributed by atoms with Gasteiger partial charge in [-0.1, -0.05) is 32.0 Å². The van der Waals surface area contributed by atoms with Crippen molar-refractivity contribution in [2.24, 2.45) is 0 Å². The third-order valence-corrected chi connectivity index (χ3v) is 5.40. The van der Waals surface area contributed by atoms with Crippen molar-refractivity contribution in [3.63, 3.8) is 0 Å². The lowest BCUT2D eigenvalue weighted by atomic mass is 9.87. The molecule has 0 unspecified atom stereocenters. The first-order valence-corrected chi connectivity index (χ1v) is 9.74. The van der Waals surface area contributed by atoms with Gasteiger partial charge in [-0.05, 0) is 29.8 Å². The van der Waals surface area contributed by atoms with E-state index >= 15 is 0 Å². The fourth-order valence-corrected chi connectivity index (χ4v) is 3.81. The summed E-state index contributed by atoms with van der Waals surface area (Å²) < 4.78 is 38.4. The predicted molar refractivity (Wildman–Crippen MR) is 113 cm³/mol. The Morgan fingerprint density at radius 2 is 1.77 bits per heavy atom. The Balaban J connectivity index is 1.60. The molecule has 1 amide bonds. The zero-order chi connectivity index (χ0) is 22.4. The average Bonchev–Trinajstić information content (AvgIpc) is 2.98. The van der Waals surface area contributed by atoms with Crippen LogP contribution >= 0.6 is 0 Å². The van der Waals surface area contributed by atoms with Crippen LogP contribution in [0.3, 0.4) is 0 Å². The molecule has 0 radical (unpaired) electrons. The molecule has 0 aliphatic carbocycles. The number of benzene rings is 2. The third-order valence-electron chi connectivity index (χ3n) is 5.40. The summed E-state index contributed by atoms with van der Waals surface area (Å²) >= 11 is 0. The van der Waals surface area contributed by atoms with Crippen molar-refractivity contribution in [2.45, 2.75) is 32.4 Å². The first-order chi connectivity index (χ1) is 14.5. The van der Waals surface area contributed by atoms with Crippen molar-refractivity contribution in [2.75, 3.05) is 16.8 Å². The normalized spacial score (nSPS) is 15.0. The second kappa shape index (κ2) is 7.37. The maximum atomic E-state index is 12.8. The maximum absolute atomic E-state index is 12.8. The number of nitrogens with one attached hydrogen (secondary N) is 1. The molecule has 2 heterocycles. The van der Waals surface area contributed by atoms with Gasteiger partial charge >= 0.3 is 6.18 Å².